The van der Waals surface area contributed by atoms with Crippen molar-refractivity contribution in [2.45, 2.75) is 6.54 Å². The monoisotopic (exact) mass is 693 g/mol. The molecule has 0 aliphatic carbocycles. The van der Waals surface area contributed by atoms with E-state index in [0.717, 1.165) is 27.9 Å². The zero-order valence-corrected chi connectivity index (χ0v) is 29.5. The van der Waals surface area contributed by atoms with E-state index in [4.69, 9.17) is 15.7 Å². The van der Waals surface area contributed by atoms with Crippen molar-refractivity contribution in [1.29, 1.82) is 0 Å². The first-order chi connectivity index (χ1) is 26.7. The van der Waals surface area contributed by atoms with Gasteiger partial charge in [0.05, 0.1) is 34.3 Å². The number of aromatic nitrogens is 2. The molecule has 8 aromatic carbocycles. The van der Waals surface area contributed by atoms with Gasteiger partial charge in [0.2, 0.25) is 0 Å². The van der Waals surface area contributed by atoms with Crippen molar-refractivity contribution in [3.63, 3.8) is 0 Å². The van der Waals surface area contributed by atoms with Crippen molar-refractivity contribution in [2.24, 2.45) is 15.7 Å². The molecule has 0 aliphatic heterocycles. The molecule has 10 aromatic rings. The van der Waals surface area contributed by atoms with Crippen molar-refractivity contribution in [3.05, 3.63) is 205 Å². The first-order valence-electron chi connectivity index (χ1n) is 18.3. The predicted octanol–water partition coefficient (Wildman–Crippen LogP) is 11.4. The van der Waals surface area contributed by atoms with Crippen LogP contribution < -0.4 is 5.73 Å². The quantitative estimate of drug-likeness (QED) is 0.137. The number of hydrogen-bond acceptors (Lipinski definition) is 1. The molecule has 5 heteroatoms. The number of nitrogens with zero attached hydrogens (tertiary/aromatic N) is 4. The van der Waals surface area contributed by atoms with Gasteiger partial charge in [-0.3, -0.25) is 4.99 Å². The van der Waals surface area contributed by atoms with E-state index in [2.05, 4.69) is 149 Å². The van der Waals surface area contributed by atoms with E-state index >= 15 is 0 Å². The number of fused-ring (bicyclic) bond motifs is 8. The minimum atomic E-state index is 0.430. The molecule has 2 aromatic heterocycles. The summed E-state index contributed by atoms with van der Waals surface area (Å²) in [4.78, 5) is 9.88. The molecule has 0 fully saturated rings. The van der Waals surface area contributed by atoms with Gasteiger partial charge in [-0.2, -0.15) is 0 Å². The number of aliphatic imine (C=N–C) groups is 2. The van der Waals surface area contributed by atoms with Gasteiger partial charge in [0.25, 0.3) is 0 Å². The number of para-hydroxylation sites is 2. The van der Waals surface area contributed by atoms with E-state index < -0.39 is 0 Å². The first kappa shape index (κ1) is 31.5. The van der Waals surface area contributed by atoms with Crippen LogP contribution in [0.5, 0.6) is 0 Å². The van der Waals surface area contributed by atoms with Crippen LogP contribution in [0.1, 0.15) is 16.7 Å². The summed E-state index contributed by atoms with van der Waals surface area (Å²) in [5.41, 5.74) is 16.3. The predicted molar refractivity (Wildman–Crippen MR) is 226 cm³/mol. The molecule has 256 valence electrons. The lowest BCUT2D eigenvalue weighted by Gasteiger charge is -2.12. The highest BCUT2D eigenvalue weighted by molar-refractivity contribution is 6.26. The Hall–Kier alpha value is -7.24. The third kappa shape index (κ3) is 5.25. The van der Waals surface area contributed by atoms with Crippen molar-refractivity contribution >= 4 is 66.1 Å². The van der Waals surface area contributed by atoms with Gasteiger partial charge in [-0.1, -0.05) is 140 Å². The Morgan fingerprint density at radius 1 is 0.463 bits per heavy atom. The van der Waals surface area contributed by atoms with E-state index in [1.165, 1.54) is 54.6 Å². The maximum atomic E-state index is 6.57. The molecule has 10 rings (SSSR count). The average molecular weight is 694 g/mol. The second-order valence-electron chi connectivity index (χ2n) is 13.6. The lowest BCUT2D eigenvalue weighted by molar-refractivity contribution is 1.06. The molecule has 0 aliphatic rings. The van der Waals surface area contributed by atoms with Gasteiger partial charge in [-0.25, -0.2) is 4.99 Å². The highest BCUT2D eigenvalue weighted by Crippen LogP contribution is 2.42. The minimum absolute atomic E-state index is 0.430. The Labute approximate surface area is 312 Å². The van der Waals surface area contributed by atoms with Crippen molar-refractivity contribution in [2.75, 3.05) is 0 Å². The van der Waals surface area contributed by atoms with Crippen LogP contribution in [0.25, 0.3) is 65.8 Å². The number of benzene rings is 8. The highest BCUT2D eigenvalue weighted by Gasteiger charge is 2.21. The molecular weight excluding hydrogens is 659 g/mol. The minimum Gasteiger partial charge on any atom is -0.383 e. The highest BCUT2D eigenvalue weighted by atomic mass is 15.0. The van der Waals surface area contributed by atoms with Crippen LogP contribution in [-0.2, 0) is 6.54 Å². The van der Waals surface area contributed by atoms with Gasteiger partial charge >= 0.3 is 0 Å². The zero-order chi connectivity index (χ0) is 36.0. The normalized spacial score (nSPS) is 12.4. The molecule has 0 bridgehead atoms. The van der Waals surface area contributed by atoms with Crippen LogP contribution >= 0.6 is 0 Å². The fraction of sp³-hybridized carbons (Fsp3) is 0.0204. The summed E-state index contributed by atoms with van der Waals surface area (Å²) in [7, 11) is 0. The fourth-order valence-corrected chi connectivity index (χ4v) is 7.93. The van der Waals surface area contributed by atoms with Crippen LogP contribution in [0.15, 0.2) is 198 Å². The zero-order valence-electron chi connectivity index (χ0n) is 29.5. The van der Waals surface area contributed by atoms with Gasteiger partial charge < -0.3 is 14.9 Å². The van der Waals surface area contributed by atoms with E-state index in [9.17, 15) is 0 Å². The van der Waals surface area contributed by atoms with Crippen molar-refractivity contribution in [3.8, 4) is 11.4 Å². The van der Waals surface area contributed by atoms with Gasteiger partial charge in [0.1, 0.15) is 5.84 Å². The Kier molecular flexibility index (Phi) is 7.62. The Bertz CT molecular complexity index is 3050. The van der Waals surface area contributed by atoms with Crippen LogP contribution in [0.2, 0.25) is 0 Å². The Morgan fingerprint density at radius 2 is 1.09 bits per heavy atom. The number of amidine groups is 2. The van der Waals surface area contributed by atoms with Crippen molar-refractivity contribution in [1.82, 2.24) is 9.13 Å². The summed E-state index contributed by atoms with van der Waals surface area (Å²) in [5, 5.41) is 7.31. The molecule has 0 saturated heterocycles. The summed E-state index contributed by atoms with van der Waals surface area (Å²) in [6, 6.07) is 65.9. The van der Waals surface area contributed by atoms with E-state index in [1.54, 1.807) is 0 Å². The molecule has 54 heavy (non-hydrogen) atoms. The SMILES string of the molecule is NC(=NC(=NCc1ccccc1)c1ccc(-n2c3ccccc3c3ccc4c(c5ccccc5n4-c4cccc5ccccc45)c32)cc1)c1ccccc1. The molecule has 0 spiro atoms. The lowest BCUT2D eigenvalue weighted by Crippen LogP contribution is -2.16. The second-order valence-corrected chi connectivity index (χ2v) is 13.6. The summed E-state index contributed by atoms with van der Waals surface area (Å²) >= 11 is 0. The molecule has 0 atom stereocenters. The van der Waals surface area contributed by atoms with Crippen LogP contribution in [0, 0.1) is 0 Å². The van der Waals surface area contributed by atoms with E-state index in [0.29, 0.717) is 18.2 Å². The molecule has 0 saturated carbocycles. The third-order valence-corrected chi connectivity index (χ3v) is 10.4. The van der Waals surface area contributed by atoms with Gasteiger partial charge in [-0.15, -0.1) is 0 Å². The maximum absolute atomic E-state index is 6.57. The van der Waals surface area contributed by atoms with Crippen LogP contribution in [-0.4, -0.2) is 20.8 Å². The molecule has 0 unspecified atom stereocenters. The topological polar surface area (TPSA) is 60.6 Å². The maximum Gasteiger partial charge on any atom is 0.157 e. The second kappa shape index (κ2) is 13.1. The third-order valence-electron chi connectivity index (χ3n) is 10.4. The Morgan fingerprint density at radius 3 is 1.87 bits per heavy atom. The fourth-order valence-electron chi connectivity index (χ4n) is 7.93. The smallest absolute Gasteiger partial charge is 0.157 e. The number of hydrogen-bond donors (Lipinski definition) is 1. The molecule has 0 amide bonds. The largest absolute Gasteiger partial charge is 0.383 e. The van der Waals surface area contributed by atoms with E-state index in [-0.39, 0.29) is 0 Å². The average Bonchev–Trinajstić information content (AvgIpc) is 3.76. The standard InChI is InChI=1S/C49H35N5/c50-48(35-17-5-2-6-18-35)52-49(51-32-33-14-3-1-4-15-33)36-26-28-37(29-27-36)53-43-23-11-9-21-39(43)40-30-31-45-46(47(40)53)41-22-10-12-24-44(41)54(45)42-25-13-19-34-16-7-8-20-38(34)42/h1-31H,32H2,(H2,50,51,52). The molecular formula is C49H35N5. The summed E-state index contributed by atoms with van der Waals surface area (Å²) < 4.78 is 4.85. The van der Waals surface area contributed by atoms with Crippen molar-refractivity contribution < 1.29 is 0 Å². The van der Waals surface area contributed by atoms with Crippen LogP contribution in [0.4, 0.5) is 0 Å². The Balaban J connectivity index is 1.19. The summed E-state index contributed by atoms with van der Waals surface area (Å²) in [6.07, 6.45) is 0. The summed E-state index contributed by atoms with van der Waals surface area (Å²) in [5.74, 6) is 1.02. The summed E-state index contributed by atoms with van der Waals surface area (Å²) in [6.45, 7) is 0.495. The molecule has 2 heterocycles. The van der Waals surface area contributed by atoms with Crippen LogP contribution in [0.3, 0.4) is 0 Å². The first-order valence-corrected chi connectivity index (χ1v) is 18.3. The molecule has 0 radical (unpaired) electrons. The van der Waals surface area contributed by atoms with Gasteiger partial charge in [0.15, 0.2) is 5.84 Å². The number of nitrogens with two attached hydrogens (primary N) is 1. The lowest BCUT2D eigenvalue weighted by atomic mass is 10.1. The molecule has 5 nitrogen and oxygen atoms in total. The van der Waals surface area contributed by atoms with Gasteiger partial charge in [0, 0.05) is 43.7 Å². The molecule has 2 N–H and O–H groups in total. The van der Waals surface area contributed by atoms with E-state index in [1.807, 2.05) is 48.5 Å². The number of rotatable bonds is 6. The van der Waals surface area contributed by atoms with Gasteiger partial charge in [-0.05, 0) is 59.5 Å².